The third-order valence-corrected chi connectivity index (χ3v) is 2.04. The van der Waals surface area contributed by atoms with E-state index in [4.69, 9.17) is 0 Å². The van der Waals surface area contributed by atoms with Gasteiger partial charge >= 0.3 is 11.8 Å². The Balaban J connectivity index is 5.55. The van der Waals surface area contributed by atoms with Crippen LogP contribution in [0.2, 0.25) is 0 Å². The lowest BCUT2D eigenvalue weighted by Crippen LogP contribution is -2.68. The summed E-state index contributed by atoms with van der Waals surface area (Å²) in [4.78, 5) is 23.4. The first-order valence-corrected chi connectivity index (χ1v) is 5.95. The lowest BCUT2D eigenvalue weighted by Gasteiger charge is -2.33. The molecule has 2 amide bonds. The minimum Gasteiger partial charge on any atom is -0.365 e. The summed E-state index contributed by atoms with van der Waals surface area (Å²) in [5.74, 6) is -3.61. The molecular formula is C12H21F3N2O3. The van der Waals surface area contributed by atoms with Crippen LogP contribution in [0.1, 0.15) is 41.5 Å². The molecule has 118 valence electrons. The molecule has 0 aliphatic heterocycles. The fourth-order valence-electron chi connectivity index (χ4n) is 1.22. The highest BCUT2D eigenvalue weighted by atomic mass is 19.4. The third-order valence-electron chi connectivity index (χ3n) is 2.04. The first-order valence-electron chi connectivity index (χ1n) is 5.95. The average Bonchev–Trinajstić information content (AvgIpc) is 2.08. The van der Waals surface area contributed by atoms with Crippen molar-refractivity contribution in [1.82, 2.24) is 10.6 Å². The number of alkyl halides is 3. The molecule has 8 heteroatoms. The summed E-state index contributed by atoms with van der Waals surface area (Å²) < 4.78 is 39.0. The second kappa shape index (κ2) is 5.23. The Bertz CT molecular complexity index is 364. The van der Waals surface area contributed by atoms with Gasteiger partial charge in [-0.25, -0.2) is 0 Å². The maximum absolute atomic E-state index is 13.0. The van der Waals surface area contributed by atoms with Crippen LogP contribution >= 0.6 is 0 Å². The molecule has 0 atom stereocenters. The van der Waals surface area contributed by atoms with E-state index in [1.165, 1.54) is 41.5 Å². The van der Waals surface area contributed by atoms with Crippen LogP contribution in [0.3, 0.4) is 0 Å². The van der Waals surface area contributed by atoms with Crippen LogP contribution in [0.25, 0.3) is 0 Å². The SMILES string of the molecule is CC(C)(C)NC(=O)C(O)(C(=O)NC(C)(C)C)C(F)(F)F. The lowest BCUT2D eigenvalue weighted by molar-refractivity contribution is -0.246. The zero-order chi connectivity index (χ0) is 16.6. The molecule has 5 nitrogen and oxygen atoms in total. The minimum atomic E-state index is -5.43. The van der Waals surface area contributed by atoms with Crippen molar-refractivity contribution in [3.05, 3.63) is 0 Å². The molecule has 0 fully saturated rings. The van der Waals surface area contributed by atoms with E-state index < -0.39 is 34.7 Å². The van der Waals surface area contributed by atoms with Crippen molar-refractivity contribution in [2.24, 2.45) is 0 Å². The van der Waals surface area contributed by atoms with Crippen molar-refractivity contribution in [2.75, 3.05) is 0 Å². The Labute approximate surface area is 115 Å². The predicted molar refractivity (Wildman–Crippen MR) is 66.8 cm³/mol. The third kappa shape index (κ3) is 4.66. The van der Waals surface area contributed by atoms with Gasteiger partial charge in [0.25, 0.3) is 11.8 Å². The molecule has 0 unspecified atom stereocenters. The molecule has 0 aromatic rings. The molecule has 0 rings (SSSR count). The Kier molecular flexibility index (Phi) is 4.89. The molecule has 0 saturated heterocycles. The number of hydrogen-bond acceptors (Lipinski definition) is 3. The highest BCUT2D eigenvalue weighted by molar-refractivity contribution is 6.09. The summed E-state index contributed by atoms with van der Waals surface area (Å²) in [7, 11) is 0. The molecule has 0 aromatic carbocycles. The van der Waals surface area contributed by atoms with E-state index >= 15 is 0 Å². The van der Waals surface area contributed by atoms with E-state index in [1.807, 2.05) is 10.6 Å². The van der Waals surface area contributed by atoms with Gasteiger partial charge in [0.1, 0.15) is 0 Å². The number of amides is 2. The van der Waals surface area contributed by atoms with E-state index in [1.54, 1.807) is 0 Å². The summed E-state index contributed by atoms with van der Waals surface area (Å²) >= 11 is 0. The van der Waals surface area contributed by atoms with Gasteiger partial charge in [-0.2, -0.15) is 13.2 Å². The van der Waals surface area contributed by atoms with Gasteiger partial charge in [-0.1, -0.05) is 0 Å². The van der Waals surface area contributed by atoms with Crippen molar-refractivity contribution in [3.8, 4) is 0 Å². The Morgan fingerprint density at radius 3 is 1.20 bits per heavy atom. The van der Waals surface area contributed by atoms with Crippen molar-refractivity contribution in [3.63, 3.8) is 0 Å². The van der Waals surface area contributed by atoms with Gasteiger partial charge in [0.2, 0.25) is 0 Å². The standard InChI is InChI=1S/C12H21F3N2O3/c1-9(2,3)16-7(18)11(20,12(13,14)15)8(19)17-10(4,5)6/h20H,1-6H3,(H,16,18)(H,17,19). The van der Waals surface area contributed by atoms with Crippen LogP contribution in [0.15, 0.2) is 0 Å². The van der Waals surface area contributed by atoms with E-state index in [0.29, 0.717) is 0 Å². The molecule has 0 heterocycles. The molecule has 0 aliphatic rings. The zero-order valence-electron chi connectivity index (χ0n) is 12.4. The normalized spacial score (nSPS) is 13.9. The number of carbonyl (C=O) groups excluding carboxylic acids is 2. The van der Waals surface area contributed by atoms with Gasteiger partial charge in [-0.3, -0.25) is 9.59 Å². The van der Waals surface area contributed by atoms with Crippen LogP contribution in [-0.2, 0) is 9.59 Å². The summed E-state index contributed by atoms with van der Waals surface area (Å²) in [5, 5.41) is 13.6. The summed E-state index contributed by atoms with van der Waals surface area (Å²) in [5.41, 5.74) is -6.19. The van der Waals surface area contributed by atoms with Crippen molar-refractivity contribution in [1.29, 1.82) is 0 Å². The second-order valence-electron chi connectivity index (χ2n) is 6.62. The van der Waals surface area contributed by atoms with Crippen molar-refractivity contribution in [2.45, 2.75) is 64.4 Å². The molecular weight excluding hydrogens is 277 g/mol. The average molecular weight is 298 g/mol. The van der Waals surface area contributed by atoms with E-state index in [0.717, 1.165) is 0 Å². The molecule has 0 spiro atoms. The highest BCUT2D eigenvalue weighted by Gasteiger charge is 2.66. The molecule has 0 aliphatic carbocycles. The molecule has 0 aromatic heterocycles. The fourth-order valence-corrected chi connectivity index (χ4v) is 1.22. The van der Waals surface area contributed by atoms with Crippen LogP contribution in [0.5, 0.6) is 0 Å². The summed E-state index contributed by atoms with van der Waals surface area (Å²) in [6.07, 6.45) is -5.43. The molecule has 20 heavy (non-hydrogen) atoms. The van der Waals surface area contributed by atoms with Gasteiger partial charge in [0.05, 0.1) is 0 Å². The smallest absolute Gasteiger partial charge is 0.365 e. The molecule has 0 saturated carbocycles. The monoisotopic (exact) mass is 298 g/mol. The largest absolute Gasteiger partial charge is 0.435 e. The number of nitrogens with one attached hydrogen (secondary N) is 2. The maximum Gasteiger partial charge on any atom is 0.435 e. The van der Waals surface area contributed by atoms with Gasteiger partial charge < -0.3 is 15.7 Å². The van der Waals surface area contributed by atoms with Gasteiger partial charge in [-0.05, 0) is 41.5 Å². The van der Waals surface area contributed by atoms with E-state index in [9.17, 15) is 27.9 Å². The number of hydrogen-bond donors (Lipinski definition) is 3. The van der Waals surface area contributed by atoms with Crippen LogP contribution in [-0.4, -0.2) is 39.8 Å². The Morgan fingerprint density at radius 2 is 1.05 bits per heavy atom. The molecule has 0 radical (unpaired) electrons. The number of carbonyl (C=O) groups is 2. The summed E-state index contributed by atoms with van der Waals surface area (Å²) in [6.45, 7) is 8.60. The number of halogens is 3. The summed E-state index contributed by atoms with van der Waals surface area (Å²) in [6, 6.07) is 0. The van der Waals surface area contributed by atoms with Gasteiger partial charge in [0, 0.05) is 11.1 Å². The second-order valence-corrected chi connectivity index (χ2v) is 6.62. The van der Waals surface area contributed by atoms with Crippen molar-refractivity contribution >= 4 is 11.8 Å². The van der Waals surface area contributed by atoms with Crippen LogP contribution in [0.4, 0.5) is 13.2 Å². The lowest BCUT2D eigenvalue weighted by atomic mass is 9.96. The number of aliphatic hydroxyl groups is 1. The highest BCUT2D eigenvalue weighted by Crippen LogP contribution is 2.32. The van der Waals surface area contributed by atoms with Crippen molar-refractivity contribution < 1.29 is 27.9 Å². The van der Waals surface area contributed by atoms with Crippen LogP contribution in [0, 0.1) is 0 Å². The van der Waals surface area contributed by atoms with E-state index in [-0.39, 0.29) is 0 Å². The molecule has 0 bridgehead atoms. The van der Waals surface area contributed by atoms with Gasteiger partial charge in [-0.15, -0.1) is 0 Å². The fraction of sp³-hybridized carbons (Fsp3) is 0.833. The predicted octanol–water partition coefficient (Wildman–Crippen LogP) is 1.11. The van der Waals surface area contributed by atoms with Gasteiger partial charge in [0.15, 0.2) is 0 Å². The van der Waals surface area contributed by atoms with Crippen LogP contribution < -0.4 is 10.6 Å². The molecule has 3 N–H and O–H groups in total. The zero-order valence-corrected chi connectivity index (χ0v) is 12.4. The topological polar surface area (TPSA) is 78.4 Å². The first-order chi connectivity index (χ1) is 8.51. The Hall–Kier alpha value is -1.31. The first kappa shape index (κ1) is 18.7. The number of rotatable bonds is 2. The van der Waals surface area contributed by atoms with E-state index in [2.05, 4.69) is 0 Å². The maximum atomic E-state index is 13.0. The minimum absolute atomic E-state index is 1.03. The quantitative estimate of drug-likeness (QED) is 0.668. The Morgan fingerprint density at radius 1 is 0.800 bits per heavy atom.